The summed E-state index contributed by atoms with van der Waals surface area (Å²) in [6.07, 6.45) is 1.46. The third-order valence-electron chi connectivity index (χ3n) is 3.50. The van der Waals surface area contributed by atoms with Gasteiger partial charge < -0.3 is 9.15 Å². The van der Waals surface area contributed by atoms with Crippen molar-refractivity contribution in [3.8, 4) is 17.1 Å². The van der Waals surface area contributed by atoms with E-state index in [1.54, 1.807) is 12.1 Å². The van der Waals surface area contributed by atoms with Crippen molar-refractivity contribution >= 4 is 34.7 Å². The Kier molecular flexibility index (Phi) is 6.06. The number of nitrogens with one attached hydrogen (secondary N) is 1. The van der Waals surface area contributed by atoms with Crippen LogP contribution >= 0.6 is 22.6 Å². The fraction of sp³-hybridized carbons (Fsp3) is 0.100. The Morgan fingerprint density at radius 2 is 2.00 bits per heavy atom. The molecule has 0 fully saturated rings. The largest absolute Gasteiger partial charge is 0.484 e. The van der Waals surface area contributed by atoms with Crippen molar-refractivity contribution in [3.05, 3.63) is 75.6 Å². The van der Waals surface area contributed by atoms with Crippen LogP contribution in [-0.4, -0.2) is 18.7 Å². The molecule has 0 bridgehead atoms. The number of rotatable bonds is 6. The topological polar surface area (TPSA) is 63.8 Å². The molecule has 6 heteroatoms. The van der Waals surface area contributed by atoms with Crippen LogP contribution in [0, 0.1) is 10.5 Å². The summed E-state index contributed by atoms with van der Waals surface area (Å²) in [6, 6.07) is 19.2. The lowest BCUT2D eigenvalue weighted by molar-refractivity contribution is -0.123. The Labute approximate surface area is 165 Å². The van der Waals surface area contributed by atoms with Gasteiger partial charge >= 0.3 is 0 Å². The minimum Gasteiger partial charge on any atom is -0.484 e. The lowest BCUT2D eigenvalue weighted by atomic mass is 10.2. The zero-order chi connectivity index (χ0) is 18.4. The summed E-state index contributed by atoms with van der Waals surface area (Å²) in [7, 11) is 0. The van der Waals surface area contributed by atoms with Gasteiger partial charge in [0.15, 0.2) is 6.61 Å². The van der Waals surface area contributed by atoms with E-state index in [2.05, 4.69) is 33.1 Å². The Bertz CT molecular complexity index is 917. The number of halogens is 1. The molecule has 0 aliphatic rings. The van der Waals surface area contributed by atoms with E-state index in [0.29, 0.717) is 11.5 Å². The molecule has 0 saturated carbocycles. The lowest BCUT2D eigenvalue weighted by Gasteiger charge is -2.05. The van der Waals surface area contributed by atoms with E-state index in [0.717, 1.165) is 20.5 Å². The first kappa shape index (κ1) is 18.2. The van der Waals surface area contributed by atoms with Crippen LogP contribution in [0.15, 0.2) is 70.2 Å². The first-order chi connectivity index (χ1) is 12.6. The molecule has 3 rings (SSSR count). The number of amides is 1. The molecule has 0 unspecified atom stereocenters. The molecule has 0 spiro atoms. The van der Waals surface area contributed by atoms with Gasteiger partial charge in [0, 0.05) is 9.13 Å². The number of hydrogen-bond acceptors (Lipinski definition) is 4. The van der Waals surface area contributed by atoms with Crippen molar-refractivity contribution in [2.75, 3.05) is 6.61 Å². The molecule has 1 amide bonds. The molecular weight excluding hydrogens is 443 g/mol. The first-order valence-electron chi connectivity index (χ1n) is 7.97. The van der Waals surface area contributed by atoms with Gasteiger partial charge in [-0.15, -0.1) is 0 Å². The minimum absolute atomic E-state index is 0.104. The number of carbonyl (C=O) groups excluding carboxylic acids is 1. The second-order valence-corrected chi connectivity index (χ2v) is 6.85. The van der Waals surface area contributed by atoms with E-state index in [1.165, 1.54) is 6.21 Å². The van der Waals surface area contributed by atoms with Crippen molar-refractivity contribution < 1.29 is 13.9 Å². The highest BCUT2D eigenvalue weighted by molar-refractivity contribution is 14.1. The fourth-order valence-electron chi connectivity index (χ4n) is 2.25. The van der Waals surface area contributed by atoms with Crippen LogP contribution in [-0.2, 0) is 4.79 Å². The molecule has 5 nitrogen and oxygen atoms in total. The molecule has 0 saturated heterocycles. The van der Waals surface area contributed by atoms with Gasteiger partial charge in [-0.25, -0.2) is 5.43 Å². The number of benzene rings is 2. The van der Waals surface area contributed by atoms with Gasteiger partial charge in [-0.3, -0.25) is 4.79 Å². The van der Waals surface area contributed by atoms with E-state index in [4.69, 9.17) is 9.15 Å². The van der Waals surface area contributed by atoms with Crippen molar-refractivity contribution in [2.45, 2.75) is 6.92 Å². The standard InChI is InChI=1S/C20H17IN2O3/c1-14-3-2-4-17(11-14)25-13-20(24)23-22-12-18-9-10-19(26-18)15-5-7-16(21)8-6-15/h2-12H,13H2,1H3,(H,23,24). The van der Waals surface area contributed by atoms with E-state index >= 15 is 0 Å². The Morgan fingerprint density at radius 3 is 2.77 bits per heavy atom. The highest BCUT2D eigenvalue weighted by atomic mass is 127. The van der Waals surface area contributed by atoms with Crippen LogP contribution in [0.2, 0.25) is 0 Å². The lowest BCUT2D eigenvalue weighted by Crippen LogP contribution is -2.24. The third kappa shape index (κ3) is 5.19. The summed E-state index contributed by atoms with van der Waals surface area (Å²) < 4.78 is 12.3. The van der Waals surface area contributed by atoms with E-state index < -0.39 is 0 Å². The van der Waals surface area contributed by atoms with Crippen molar-refractivity contribution in [3.63, 3.8) is 0 Å². The normalized spacial score (nSPS) is 10.8. The van der Waals surface area contributed by atoms with Crippen molar-refractivity contribution in [1.82, 2.24) is 5.43 Å². The smallest absolute Gasteiger partial charge is 0.277 e. The predicted molar refractivity (Wildman–Crippen MR) is 109 cm³/mol. The molecule has 0 aliphatic heterocycles. The number of hydrazone groups is 1. The number of carbonyl (C=O) groups is 1. The Hall–Kier alpha value is -2.61. The number of aryl methyl sites for hydroxylation is 1. The van der Waals surface area contributed by atoms with Crippen molar-refractivity contribution in [2.24, 2.45) is 5.10 Å². The van der Waals surface area contributed by atoms with Crippen LogP contribution in [0.25, 0.3) is 11.3 Å². The van der Waals surface area contributed by atoms with Crippen LogP contribution in [0.3, 0.4) is 0 Å². The van der Waals surface area contributed by atoms with Gasteiger partial charge in [-0.2, -0.15) is 5.10 Å². The van der Waals surface area contributed by atoms with Gasteiger partial charge in [0.25, 0.3) is 5.91 Å². The maximum atomic E-state index is 11.8. The molecule has 0 radical (unpaired) electrons. The van der Waals surface area contributed by atoms with Crippen LogP contribution in [0.4, 0.5) is 0 Å². The first-order valence-corrected chi connectivity index (χ1v) is 9.05. The monoisotopic (exact) mass is 460 g/mol. The highest BCUT2D eigenvalue weighted by Gasteiger charge is 2.04. The summed E-state index contributed by atoms with van der Waals surface area (Å²) in [4.78, 5) is 11.8. The molecular formula is C20H17IN2O3. The second-order valence-electron chi connectivity index (χ2n) is 5.61. The maximum absolute atomic E-state index is 11.8. The maximum Gasteiger partial charge on any atom is 0.277 e. The number of furan rings is 1. The van der Waals surface area contributed by atoms with Gasteiger partial charge in [0.2, 0.25) is 0 Å². The van der Waals surface area contributed by atoms with Crippen LogP contribution < -0.4 is 10.2 Å². The van der Waals surface area contributed by atoms with E-state index in [9.17, 15) is 4.79 Å². The van der Waals surface area contributed by atoms with E-state index in [-0.39, 0.29) is 12.5 Å². The molecule has 0 atom stereocenters. The predicted octanol–water partition coefficient (Wildman–Crippen LogP) is 4.39. The molecule has 1 aromatic heterocycles. The number of nitrogens with zero attached hydrogens (tertiary/aromatic N) is 1. The van der Waals surface area contributed by atoms with Gasteiger partial charge in [0.1, 0.15) is 17.3 Å². The summed E-state index contributed by atoms with van der Waals surface area (Å²) in [5, 5.41) is 3.89. The van der Waals surface area contributed by atoms with Crippen molar-refractivity contribution in [1.29, 1.82) is 0 Å². The van der Waals surface area contributed by atoms with E-state index in [1.807, 2.05) is 55.5 Å². The summed E-state index contributed by atoms with van der Waals surface area (Å²) in [5.41, 5.74) is 4.48. The van der Waals surface area contributed by atoms with Gasteiger partial charge in [-0.1, -0.05) is 24.3 Å². The second kappa shape index (κ2) is 8.66. The SMILES string of the molecule is Cc1cccc(OCC(=O)NN=Cc2ccc(-c3ccc(I)cc3)o2)c1. The van der Waals surface area contributed by atoms with Gasteiger partial charge in [0.05, 0.1) is 6.21 Å². The Morgan fingerprint density at radius 1 is 1.19 bits per heavy atom. The summed E-state index contributed by atoms with van der Waals surface area (Å²) in [6.45, 7) is 1.86. The molecule has 0 aliphatic carbocycles. The molecule has 26 heavy (non-hydrogen) atoms. The van der Waals surface area contributed by atoms with Crippen LogP contribution in [0.5, 0.6) is 5.75 Å². The third-order valence-corrected chi connectivity index (χ3v) is 4.22. The summed E-state index contributed by atoms with van der Waals surface area (Å²) in [5.74, 6) is 1.61. The average molecular weight is 460 g/mol. The molecule has 3 aromatic rings. The van der Waals surface area contributed by atoms with Gasteiger partial charge in [-0.05, 0) is 71.5 Å². The molecule has 2 aromatic carbocycles. The fourth-order valence-corrected chi connectivity index (χ4v) is 2.61. The molecule has 132 valence electrons. The Balaban J connectivity index is 1.50. The number of hydrogen-bond donors (Lipinski definition) is 1. The summed E-state index contributed by atoms with van der Waals surface area (Å²) >= 11 is 2.26. The zero-order valence-corrected chi connectivity index (χ0v) is 16.3. The molecule has 1 heterocycles. The average Bonchev–Trinajstić information content (AvgIpc) is 3.09. The molecule has 1 N–H and O–H groups in total. The minimum atomic E-state index is -0.341. The van der Waals surface area contributed by atoms with Crippen LogP contribution in [0.1, 0.15) is 11.3 Å². The highest BCUT2D eigenvalue weighted by Crippen LogP contribution is 2.22. The number of ether oxygens (including phenoxy) is 1. The zero-order valence-electron chi connectivity index (χ0n) is 14.1. The quantitative estimate of drug-likeness (QED) is 0.337.